The molecule has 2 aromatic carbocycles. The maximum absolute atomic E-state index is 13.0. The predicted octanol–water partition coefficient (Wildman–Crippen LogP) is 5.11. The molecule has 1 aliphatic rings. The van der Waals surface area contributed by atoms with E-state index in [9.17, 15) is 18.4 Å². The quantitative estimate of drug-likeness (QED) is 0.353. The van der Waals surface area contributed by atoms with Crippen molar-refractivity contribution >= 4 is 39.3 Å². The van der Waals surface area contributed by atoms with E-state index in [0.29, 0.717) is 12.5 Å². The van der Waals surface area contributed by atoms with E-state index in [1.807, 2.05) is 0 Å². The molecule has 1 aliphatic heterocycles. The topological polar surface area (TPSA) is 91.2 Å². The Morgan fingerprint density at radius 2 is 1.61 bits per heavy atom. The second-order valence-corrected chi connectivity index (χ2v) is 9.56. The number of carbonyl (C=O) groups excluding carboxylic acids is 1. The lowest BCUT2D eigenvalue weighted by atomic mass is 9.96. The predicted molar refractivity (Wildman–Crippen MR) is 142 cm³/mol. The number of benzene rings is 2. The third-order valence-electron chi connectivity index (χ3n) is 5.91. The number of anilines is 1. The number of nitrogens with zero attached hydrogens (tertiary/aromatic N) is 1. The van der Waals surface area contributed by atoms with E-state index in [1.54, 1.807) is 24.3 Å². The zero-order chi connectivity index (χ0) is 26.1. The lowest BCUT2D eigenvalue weighted by Gasteiger charge is -2.32. The molecular weight excluding hydrogens is 554 g/mol. The molecule has 4 N–H and O–H groups in total. The number of halogens is 4. The van der Waals surface area contributed by atoms with Gasteiger partial charge in [0.15, 0.2) is 0 Å². The first-order chi connectivity index (χ1) is 17.2. The van der Waals surface area contributed by atoms with Gasteiger partial charge in [0.2, 0.25) is 0 Å². The van der Waals surface area contributed by atoms with Crippen LogP contribution in [0.5, 0.6) is 0 Å². The van der Waals surface area contributed by atoms with Crippen molar-refractivity contribution in [3.05, 3.63) is 98.3 Å². The minimum atomic E-state index is -0.552. The van der Waals surface area contributed by atoms with Gasteiger partial charge in [-0.2, -0.15) is 0 Å². The zero-order valence-electron chi connectivity index (χ0n) is 19.6. The monoisotopic (exact) mass is 580 g/mol. The van der Waals surface area contributed by atoms with E-state index >= 15 is 0 Å². The van der Waals surface area contributed by atoms with Gasteiger partial charge in [-0.05, 0) is 73.3 Å². The number of amides is 1. The molecule has 0 atom stereocenters. The highest BCUT2D eigenvalue weighted by Crippen LogP contribution is 2.19. The minimum Gasteiger partial charge on any atom is -0.384 e. The number of hydrogen-bond acceptors (Lipinski definition) is 4. The summed E-state index contributed by atoms with van der Waals surface area (Å²) in [7, 11) is 0. The summed E-state index contributed by atoms with van der Waals surface area (Å²) in [5, 5.41) is 3.74. The summed E-state index contributed by atoms with van der Waals surface area (Å²) in [5.74, 6) is -0.463. The van der Waals surface area contributed by atoms with Gasteiger partial charge in [-0.25, -0.2) is 8.78 Å². The fourth-order valence-electron chi connectivity index (χ4n) is 3.79. The second kappa shape index (κ2) is 13.5. The van der Waals surface area contributed by atoms with Gasteiger partial charge in [-0.15, -0.1) is 0 Å². The third-order valence-corrected chi connectivity index (χ3v) is 6.87. The summed E-state index contributed by atoms with van der Waals surface area (Å²) >= 11 is 9.13. The number of aromatic amines is 1. The van der Waals surface area contributed by atoms with Gasteiger partial charge in [-0.1, -0.05) is 51.8 Å². The van der Waals surface area contributed by atoms with Crippen LogP contribution in [0.1, 0.15) is 34.3 Å². The fraction of sp³-hybridized carbons (Fsp3) is 0.308. The minimum absolute atomic E-state index is 0.0389. The van der Waals surface area contributed by atoms with E-state index in [0.717, 1.165) is 48.9 Å². The Morgan fingerprint density at radius 1 is 1.06 bits per heavy atom. The molecule has 0 radical (unpaired) electrons. The van der Waals surface area contributed by atoms with Crippen LogP contribution in [0.3, 0.4) is 0 Å². The molecule has 0 spiro atoms. The molecule has 0 unspecified atom stereocenters. The molecule has 3 aromatic rings. The van der Waals surface area contributed by atoms with Crippen molar-refractivity contribution in [1.29, 1.82) is 0 Å². The molecule has 1 fully saturated rings. The Labute approximate surface area is 222 Å². The Kier molecular flexibility index (Phi) is 10.5. The van der Waals surface area contributed by atoms with Crippen molar-refractivity contribution in [1.82, 2.24) is 15.2 Å². The number of carbonyl (C=O) groups is 1. The Balaban J connectivity index is 0.000000338. The molecule has 36 heavy (non-hydrogen) atoms. The number of pyridine rings is 1. The lowest BCUT2D eigenvalue weighted by molar-refractivity contribution is 0.0933. The number of nitrogens with one attached hydrogen (secondary N) is 2. The molecule has 0 aliphatic carbocycles. The maximum atomic E-state index is 13.0. The summed E-state index contributed by atoms with van der Waals surface area (Å²) in [6.45, 7) is 3.11. The summed E-state index contributed by atoms with van der Waals surface area (Å²) in [5.41, 5.74) is 7.10. The number of nitrogens with two attached hydrogens (primary N) is 1. The van der Waals surface area contributed by atoms with Crippen molar-refractivity contribution in [2.45, 2.75) is 24.7 Å². The molecule has 4 rings (SSSR count). The van der Waals surface area contributed by atoms with Crippen LogP contribution in [0.2, 0.25) is 5.02 Å². The fourth-order valence-corrected chi connectivity index (χ4v) is 4.32. The number of likely N-dealkylation sites (tertiary alicyclic amines) is 1. The molecule has 0 saturated carbocycles. The molecule has 1 amide bonds. The van der Waals surface area contributed by atoms with Gasteiger partial charge in [0.25, 0.3) is 11.5 Å². The highest BCUT2D eigenvalue weighted by Gasteiger charge is 2.21. The molecule has 0 bridgehead atoms. The average Bonchev–Trinajstić information content (AvgIpc) is 2.88. The first-order valence-electron chi connectivity index (χ1n) is 11.5. The summed E-state index contributed by atoms with van der Waals surface area (Å²) in [6, 6.07) is 14.3. The summed E-state index contributed by atoms with van der Waals surface area (Å²) in [4.78, 5) is 28.7. The number of alkyl halides is 1. The molecular formula is C26H28BrClF2N4O2. The van der Waals surface area contributed by atoms with Crippen LogP contribution >= 0.6 is 27.5 Å². The van der Waals surface area contributed by atoms with Crippen molar-refractivity contribution in [2.75, 3.05) is 25.4 Å². The van der Waals surface area contributed by atoms with E-state index in [1.165, 1.54) is 30.3 Å². The van der Waals surface area contributed by atoms with Gasteiger partial charge in [0.05, 0.1) is 5.02 Å². The molecule has 2 heterocycles. The first-order valence-corrected chi connectivity index (χ1v) is 13.0. The number of H-pyrrole nitrogens is 1. The van der Waals surface area contributed by atoms with E-state index in [4.69, 9.17) is 17.3 Å². The van der Waals surface area contributed by atoms with Gasteiger partial charge in [0.1, 0.15) is 23.0 Å². The van der Waals surface area contributed by atoms with Crippen LogP contribution in [0.15, 0.2) is 59.4 Å². The van der Waals surface area contributed by atoms with Crippen LogP contribution in [0.4, 0.5) is 14.6 Å². The van der Waals surface area contributed by atoms with Crippen LogP contribution in [-0.4, -0.2) is 35.4 Å². The first kappa shape index (κ1) is 27.8. The lowest BCUT2D eigenvalue weighted by Crippen LogP contribution is -2.39. The van der Waals surface area contributed by atoms with Gasteiger partial charge >= 0.3 is 0 Å². The van der Waals surface area contributed by atoms with Gasteiger partial charge < -0.3 is 16.0 Å². The van der Waals surface area contributed by atoms with Crippen LogP contribution < -0.4 is 16.6 Å². The second-order valence-electron chi connectivity index (χ2n) is 8.59. The Morgan fingerprint density at radius 3 is 2.17 bits per heavy atom. The van der Waals surface area contributed by atoms with Crippen molar-refractivity contribution in [3.8, 4) is 0 Å². The number of hydrogen-bond donors (Lipinski definition) is 3. The summed E-state index contributed by atoms with van der Waals surface area (Å²) < 4.78 is 25.2. The third kappa shape index (κ3) is 8.43. The molecule has 6 nitrogen and oxygen atoms in total. The van der Waals surface area contributed by atoms with Crippen molar-refractivity contribution < 1.29 is 13.6 Å². The van der Waals surface area contributed by atoms with Crippen molar-refractivity contribution in [2.24, 2.45) is 5.92 Å². The van der Waals surface area contributed by atoms with Crippen LogP contribution in [-0.2, 0) is 11.9 Å². The normalized spacial score (nSPS) is 14.1. The summed E-state index contributed by atoms with van der Waals surface area (Å²) in [6.07, 6.45) is 1.89. The van der Waals surface area contributed by atoms with E-state index < -0.39 is 11.5 Å². The van der Waals surface area contributed by atoms with Gasteiger partial charge in [-0.3, -0.25) is 14.5 Å². The molecule has 1 aromatic heterocycles. The smallest absolute Gasteiger partial charge is 0.262 e. The largest absolute Gasteiger partial charge is 0.384 e. The van der Waals surface area contributed by atoms with Crippen LogP contribution in [0, 0.1) is 17.6 Å². The highest BCUT2D eigenvalue weighted by atomic mass is 79.9. The maximum Gasteiger partial charge on any atom is 0.262 e. The number of nitrogen functional groups attached to an aromatic ring is 1. The SMILES string of the molecule is Fc1ccc(CBr)cc1.Nc1[nH]c(=O)c(C(=O)NCC2CCN(Cc3ccc(F)cc3)CC2)cc1Cl. The van der Waals surface area contributed by atoms with E-state index in [2.05, 4.69) is 31.1 Å². The molecule has 1 saturated heterocycles. The van der Waals surface area contributed by atoms with Crippen molar-refractivity contribution in [3.63, 3.8) is 0 Å². The van der Waals surface area contributed by atoms with Crippen LogP contribution in [0.25, 0.3) is 0 Å². The number of piperidine rings is 1. The highest BCUT2D eigenvalue weighted by molar-refractivity contribution is 9.08. The standard InChI is InChI=1S/C19H22ClFN4O2.C7H6BrF/c20-16-9-15(19(27)24-17(16)22)18(26)23-10-12-5-7-25(8-6-12)11-13-1-3-14(21)4-2-13;8-5-6-1-3-7(9)4-2-6/h1-4,9,12H,5-8,10-11H2,(H,23,26)(H3,22,24,27);1-4H,5H2. The van der Waals surface area contributed by atoms with Gasteiger partial charge in [0, 0.05) is 18.4 Å². The average molecular weight is 582 g/mol. The van der Waals surface area contributed by atoms with E-state index in [-0.39, 0.29) is 28.0 Å². The zero-order valence-corrected chi connectivity index (χ0v) is 21.9. The molecule has 192 valence electrons. The number of aromatic nitrogens is 1. The Bertz CT molecular complexity index is 1200. The number of rotatable bonds is 6. The molecule has 10 heteroatoms. The Hall–Kier alpha value is -2.75.